The molecule has 16 heavy (non-hydrogen) atoms. The topological polar surface area (TPSA) is 38.0 Å². The predicted molar refractivity (Wildman–Crippen MR) is 73.0 cm³/mol. The molecule has 0 aliphatic heterocycles. The minimum atomic E-state index is 0.243. The Morgan fingerprint density at radius 2 is 2.12 bits per heavy atom. The Balaban J connectivity index is 2.90. The molecule has 2 unspecified atom stereocenters. The first kappa shape index (κ1) is 13.7. The highest BCUT2D eigenvalue weighted by molar-refractivity contribution is 9.10. The molecule has 90 valence electrons. The molecule has 2 nitrogen and oxygen atoms in total. The number of hydrogen-bond acceptors (Lipinski definition) is 2. The van der Waals surface area contributed by atoms with E-state index in [-0.39, 0.29) is 6.04 Å². The Hall–Kier alpha value is -0.380. The largest absolute Gasteiger partial charge is 0.271 e. The summed E-state index contributed by atoms with van der Waals surface area (Å²) in [4.78, 5) is 0. The summed E-state index contributed by atoms with van der Waals surface area (Å²) >= 11 is 3.56. The van der Waals surface area contributed by atoms with E-state index in [1.54, 1.807) is 0 Å². The van der Waals surface area contributed by atoms with Crippen molar-refractivity contribution in [2.24, 2.45) is 11.8 Å². The van der Waals surface area contributed by atoms with E-state index >= 15 is 0 Å². The first-order valence-corrected chi connectivity index (χ1v) is 6.60. The molecule has 1 aromatic rings. The van der Waals surface area contributed by atoms with Gasteiger partial charge in [0, 0.05) is 10.5 Å². The fourth-order valence-corrected chi connectivity index (χ4v) is 2.24. The van der Waals surface area contributed by atoms with Gasteiger partial charge in [-0.2, -0.15) is 0 Å². The van der Waals surface area contributed by atoms with Crippen molar-refractivity contribution in [2.75, 3.05) is 0 Å². The molecule has 1 aromatic carbocycles. The molecule has 0 fully saturated rings. The molecule has 3 N–H and O–H groups in total. The smallest absolute Gasteiger partial charge is 0.0465 e. The molecule has 0 aliphatic carbocycles. The molecule has 0 spiro atoms. The second kappa shape index (κ2) is 6.38. The average molecular weight is 285 g/mol. The number of hydrogen-bond donors (Lipinski definition) is 2. The van der Waals surface area contributed by atoms with Crippen molar-refractivity contribution in [1.82, 2.24) is 5.43 Å². The Bertz CT molecular complexity index is 339. The lowest BCUT2D eigenvalue weighted by atomic mass is 9.92. The van der Waals surface area contributed by atoms with Crippen molar-refractivity contribution >= 4 is 15.9 Å². The van der Waals surface area contributed by atoms with Crippen LogP contribution in [0.5, 0.6) is 0 Å². The molecular weight excluding hydrogens is 264 g/mol. The van der Waals surface area contributed by atoms with E-state index in [1.165, 1.54) is 17.5 Å². The van der Waals surface area contributed by atoms with Crippen molar-refractivity contribution < 1.29 is 0 Å². The quantitative estimate of drug-likeness (QED) is 0.639. The maximum Gasteiger partial charge on any atom is 0.0465 e. The molecule has 0 amide bonds. The summed E-state index contributed by atoms with van der Waals surface area (Å²) in [6, 6.07) is 6.52. The van der Waals surface area contributed by atoms with Crippen LogP contribution in [0.4, 0.5) is 0 Å². The van der Waals surface area contributed by atoms with Gasteiger partial charge in [0.2, 0.25) is 0 Å². The van der Waals surface area contributed by atoms with Crippen molar-refractivity contribution in [3.63, 3.8) is 0 Å². The van der Waals surface area contributed by atoms with Crippen LogP contribution >= 0.6 is 15.9 Å². The Morgan fingerprint density at radius 1 is 1.44 bits per heavy atom. The van der Waals surface area contributed by atoms with Gasteiger partial charge in [0.1, 0.15) is 0 Å². The zero-order chi connectivity index (χ0) is 12.1. The van der Waals surface area contributed by atoms with Crippen LogP contribution in [0.1, 0.15) is 43.9 Å². The molecule has 3 heteroatoms. The summed E-state index contributed by atoms with van der Waals surface area (Å²) in [6.07, 6.45) is 2.26. The zero-order valence-electron chi connectivity index (χ0n) is 10.3. The van der Waals surface area contributed by atoms with Crippen LogP contribution in [0, 0.1) is 12.8 Å². The number of rotatable bonds is 5. The van der Waals surface area contributed by atoms with Gasteiger partial charge in [-0.3, -0.25) is 11.3 Å². The Labute approximate surface area is 107 Å². The van der Waals surface area contributed by atoms with Crippen LogP contribution < -0.4 is 11.3 Å². The minimum absolute atomic E-state index is 0.243. The summed E-state index contributed by atoms with van der Waals surface area (Å²) in [6.45, 7) is 6.60. The maximum atomic E-state index is 5.66. The van der Waals surface area contributed by atoms with Crippen molar-refractivity contribution in [3.8, 4) is 0 Å². The number of benzene rings is 1. The second-order valence-electron chi connectivity index (χ2n) is 4.42. The van der Waals surface area contributed by atoms with E-state index in [2.05, 4.69) is 60.3 Å². The fraction of sp³-hybridized carbons (Fsp3) is 0.538. The van der Waals surface area contributed by atoms with E-state index < -0.39 is 0 Å². The van der Waals surface area contributed by atoms with Crippen molar-refractivity contribution in [2.45, 2.75) is 39.7 Å². The standard InChI is InChI=1S/C13H21BrN2/c1-4-9(2)8-13(16-15)11-6-5-7-12(14)10(11)3/h5-7,9,13,16H,4,8,15H2,1-3H3. The van der Waals surface area contributed by atoms with Gasteiger partial charge in [-0.05, 0) is 36.5 Å². The van der Waals surface area contributed by atoms with Gasteiger partial charge in [-0.15, -0.1) is 0 Å². The summed E-state index contributed by atoms with van der Waals surface area (Å²) in [5.41, 5.74) is 5.49. The molecule has 0 bridgehead atoms. The monoisotopic (exact) mass is 284 g/mol. The number of hydrazine groups is 1. The average Bonchev–Trinajstić information content (AvgIpc) is 2.29. The third-order valence-electron chi connectivity index (χ3n) is 3.22. The molecule has 0 aromatic heterocycles. The molecule has 0 aliphatic rings. The molecule has 0 radical (unpaired) electrons. The summed E-state index contributed by atoms with van der Waals surface area (Å²) in [5.74, 6) is 6.34. The normalized spacial score (nSPS) is 14.8. The summed E-state index contributed by atoms with van der Waals surface area (Å²) in [5, 5.41) is 0. The van der Waals surface area contributed by atoms with Crippen molar-refractivity contribution in [1.29, 1.82) is 0 Å². The highest BCUT2D eigenvalue weighted by Crippen LogP contribution is 2.28. The highest BCUT2D eigenvalue weighted by atomic mass is 79.9. The molecule has 2 atom stereocenters. The Kier molecular flexibility index (Phi) is 5.46. The number of nitrogens with one attached hydrogen (secondary N) is 1. The van der Waals surface area contributed by atoms with Crippen LogP contribution in [-0.2, 0) is 0 Å². The first-order chi connectivity index (χ1) is 7.60. The third-order valence-corrected chi connectivity index (χ3v) is 4.08. The minimum Gasteiger partial charge on any atom is -0.271 e. The molecule has 0 saturated carbocycles. The number of nitrogens with two attached hydrogens (primary N) is 1. The third kappa shape index (κ3) is 3.30. The van der Waals surface area contributed by atoms with Crippen LogP contribution in [-0.4, -0.2) is 0 Å². The van der Waals surface area contributed by atoms with Crippen LogP contribution in [0.15, 0.2) is 22.7 Å². The number of halogens is 1. The van der Waals surface area contributed by atoms with E-state index in [0.29, 0.717) is 5.92 Å². The SMILES string of the molecule is CCC(C)CC(NN)c1cccc(Br)c1C. The second-order valence-corrected chi connectivity index (χ2v) is 5.28. The van der Waals surface area contributed by atoms with E-state index in [0.717, 1.165) is 10.9 Å². The van der Waals surface area contributed by atoms with Gasteiger partial charge in [-0.25, -0.2) is 0 Å². The maximum absolute atomic E-state index is 5.66. The van der Waals surface area contributed by atoms with Crippen LogP contribution in [0.2, 0.25) is 0 Å². The van der Waals surface area contributed by atoms with Crippen molar-refractivity contribution in [3.05, 3.63) is 33.8 Å². The summed E-state index contributed by atoms with van der Waals surface area (Å²) < 4.78 is 1.15. The lowest BCUT2D eigenvalue weighted by molar-refractivity contribution is 0.406. The van der Waals surface area contributed by atoms with Gasteiger partial charge < -0.3 is 0 Å². The Morgan fingerprint density at radius 3 is 2.69 bits per heavy atom. The van der Waals surface area contributed by atoms with Gasteiger partial charge in [0.25, 0.3) is 0 Å². The highest BCUT2D eigenvalue weighted by Gasteiger charge is 2.15. The van der Waals surface area contributed by atoms with Gasteiger partial charge in [0.15, 0.2) is 0 Å². The van der Waals surface area contributed by atoms with Gasteiger partial charge in [0.05, 0.1) is 0 Å². The molecule has 0 heterocycles. The van der Waals surface area contributed by atoms with E-state index in [4.69, 9.17) is 5.84 Å². The predicted octanol–water partition coefficient (Wildman–Crippen LogP) is 3.70. The zero-order valence-corrected chi connectivity index (χ0v) is 11.8. The molecule has 1 rings (SSSR count). The van der Waals surface area contributed by atoms with Gasteiger partial charge in [-0.1, -0.05) is 48.3 Å². The lowest BCUT2D eigenvalue weighted by Crippen LogP contribution is -2.29. The van der Waals surface area contributed by atoms with Crippen LogP contribution in [0.25, 0.3) is 0 Å². The lowest BCUT2D eigenvalue weighted by Gasteiger charge is -2.22. The van der Waals surface area contributed by atoms with Crippen LogP contribution in [0.3, 0.4) is 0 Å². The molecule has 0 saturated heterocycles. The van der Waals surface area contributed by atoms with Gasteiger partial charge >= 0.3 is 0 Å². The molecular formula is C13H21BrN2. The summed E-state index contributed by atoms with van der Waals surface area (Å²) in [7, 11) is 0. The van der Waals surface area contributed by atoms with E-state index in [1.807, 2.05) is 0 Å². The first-order valence-electron chi connectivity index (χ1n) is 5.81. The fourth-order valence-electron chi connectivity index (χ4n) is 1.86. The van der Waals surface area contributed by atoms with E-state index in [9.17, 15) is 0 Å².